The number of nitrogens with zero attached hydrogens (tertiary/aromatic N) is 10. The van der Waals surface area contributed by atoms with Crippen molar-refractivity contribution in [2.45, 2.75) is 94.3 Å². The highest BCUT2D eigenvalue weighted by Crippen LogP contribution is 2.35. The van der Waals surface area contributed by atoms with Gasteiger partial charge in [0.2, 0.25) is 11.9 Å². The van der Waals surface area contributed by atoms with Gasteiger partial charge in [0.15, 0.2) is 11.5 Å². The second-order valence-electron chi connectivity index (χ2n) is 18.8. The Balaban J connectivity index is 0.000000154. The molecule has 8 heterocycles. The van der Waals surface area contributed by atoms with Gasteiger partial charge in [-0.1, -0.05) is 0 Å². The number of morpholine rings is 2. The van der Waals surface area contributed by atoms with E-state index >= 15 is 0 Å². The van der Waals surface area contributed by atoms with Gasteiger partial charge >= 0.3 is 0 Å². The molecule has 2 aromatic carbocycles. The molecule has 4 saturated heterocycles. The summed E-state index contributed by atoms with van der Waals surface area (Å²) in [7, 11) is 0. The first kappa shape index (κ1) is 46.9. The fourth-order valence-electron chi connectivity index (χ4n) is 9.80. The number of rotatable bonds is 14. The molecule has 12 rings (SSSR count). The van der Waals surface area contributed by atoms with E-state index in [0.29, 0.717) is 55.3 Å². The minimum absolute atomic E-state index is 0.0975. The molecule has 1 atom stereocenters. The molecular weight excluding hydrogens is 909 g/mol. The maximum absolute atomic E-state index is 6.53. The van der Waals surface area contributed by atoms with Crippen LogP contribution >= 0.6 is 0 Å². The molecule has 0 radical (unpaired) electrons. The lowest BCUT2D eigenvalue weighted by molar-refractivity contribution is -0.0799. The van der Waals surface area contributed by atoms with Crippen LogP contribution in [0.2, 0.25) is 0 Å². The summed E-state index contributed by atoms with van der Waals surface area (Å²) in [5.74, 6) is 4.24. The quantitative estimate of drug-likeness (QED) is 0.127. The molecular formula is C51H62N12O8. The number of hydrogen-bond donors (Lipinski definition) is 2. The average Bonchev–Trinajstić information content (AvgIpc) is 3.93. The van der Waals surface area contributed by atoms with Gasteiger partial charge in [-0.3, -0.25) is 9.97 Å². The smallest absolute Gasteiger partial charge is 0.223 e. The number of ether oxygens (including phenoxy) is 8. The van der Waals surface area contributed by atoms with Gasteiger partial charge < -0.3 is 58.3 Å². The van der Waals surface area contributed by atoms with Gasteiger partial charge in [-0.2, -0.15) is 0 Å². The second-order valence-corrected chi connectivity index (χ2v) is 18.8. The van der Waals surface area contributed by atoms with Crippen molar-refractivity contribution in [2.24, 2.45) is 0 Å². The zero-order chi connectivity index (χ0) is 47.6. The highest BCUT2D eigenvalue weighted by Gasteiger charge is 2.28. The highest BCUT2D eigenvalue weighted by molar-refractivity contribution is 5.86. The fourth-order valence-corrected chi connectivity index (χ4v) is 9.80. The number of anilines is 4. The maximum Gasteiger partial charge on any atom is 0.223 e. The molecule has 0 unspecified atom stereocenters. The Morgan fingerprint density at radius 3 is 1.27 bits per heavy atom. The first-order valence-electron chi connectivity index (χ1n) is 25.2. The van der Waals surface area contributed by atoms with Crippen molar-refractivity contribution >= 4 is 45.3 Å². The topological polar surface area (TPSA) is 208 Å². The molecule has 6 aromatic rings. The van der Waals surface area contributed by atoms with Crippen molar-refractivity contribution in [1.82, 2.24) is 39.9 Å². The molecule has 0 spiro atoms. The normalized spacial score (nSPS) is 23.8. The predicted octanol–water partition coefficient (Wildman–Crippen LogP) is 6.06. The van der Waals surface area contributed by atoms with Gasteiger partial charge in [-0.15, -0.1) is 0 Å². The molecule has 6 aliphatic rings. The van der Waals surface area contributed by atoms with Gasteiger partial charge in [0.05, 0.1) is 101 Å². The minimum Gasteiger partial charge on any atom is -0.488 e. The second kappa shape index (κ2) is 22.7. The van der Waals surface area contributed by atoms with Crippen LogP contribution in [-0.4, -0.2) is 155 Å². The lowest BCUT2D eigenvalue weighted by atomic mass is 9.93. The Morgan fingerprint density at radius 2 is 0.845 bits per heavy atom. The number of hydrogen-bond acceptors (Lipinski definition) is 20. The molecule has 374 valence electrons. The lowest BCUT2D eigenvalue weighted by Gasteiger charge is -2.31. The van der Waals surface area contributed by atoms with Crippen molar-refractivity contribution in [1.29, 1.82) is 0 Å². The third-order valence-corrected chi connectivity index (χ3v) is 13.8. The Labute approximate surface area is 412 Å². The minimum atomic E-state index is 0.0975. The van der Waals surface area contributed by atoms with E-state index < -0.39 is 0 Å². The van der Waals surface area contributed by atoms with Crippen LogP contribution in [-0.2, 0) is 18.9 Å². The number of aromatic nitrogens is 8. The molecule has 0 amide bonds. The van der Waals surface area contributed by atoms with E-state index in [-0.39, 0.29) is 24.4 Å². The Kier molecular flexibility index (Phi) is 15.0. The van der Waals surface area contributed by atoms with Crippen LogP contribution in [0.15, 0.2) is 73.8 Å². The molecule has 20 heteroatoms. The Bertz CT molecular complexity index is 2630. The van der Waals surface area contributed by atoms with Crippen molar-refractivity contribution < 1.29 is 37.9 Å². The summed E-state index contributed by atoms with van der Waals surface area (Å²) in [6.45, 7) is 9.06. The molecule has 6 fully saturated rings. The first-order chi connectivity index (χ1) is 35.1. The number of nitrogens with one attached hydrogen (secondary N) is 2. The van der Waals surface area contributed by atoms with E-state index in [0.717, 1.165) is 162 Å². The van der Waals surface area contributed by atoms with Gasteiger partial charge in [0.1, 0.15) is 34.7 Å². The maximum atomic E-state index is 6.53. The van der Waals surface area contributed by atoms with E-state index in [4.69, 9.17) is 37.9 Å². The standard InChI is InChI=1S/C26H32N6O4.C25H30N6O4/c1-3-20(4-2-18(1)31-26-29-15-22(16-30-26)35-21-5-10-34-17-21)36-24-14-19(32-8-11-33-12-9-32)13-23-25(24)28-7-6-27-23;1-3-19(4-2-17(1)30-25-28-13-20(14-29-25)34-21-15-33-16-21)35-23-12-18(31-7-9-32-10-8-31)11-22-24(23)27-6-5-26-22/h6-7,13-16,18,20-21H,1-5,8-12,17H2,(H,29,30,31);5-6,11-14,17,19,21H,1-4,7-10,15-16H2,(H,28,29,30)/t18?,20?,21-;/m1./s1. The highest BCUT2D eigenvalue weighted by atomic mass is 16.6. The Hall–Kier alpha value is -6.48. The molecule has 2 aliphatic carbocycles. The van der Waals surface area contributed by atoms with Gasteiger partial charge in [-0.05, 0) is 63.5 Å². The summed E-state index contributed by atoms with van der Waals surface area (Å²) in [4.78, 5) is 40.6. The van der Waals surface area contributed by atoms with Gasteiger partial charge in [0.25, 0.3) is 0 Å². The van der Waals surface area contributed by atoms with Crippen LogP contribution in [0.4, 0.5) is 23.3 Å². The summed E-state index contributed by atoms with van der Waals surface area (Å²) in [5, 5.41) is 6.93. The SMILES string of the molecule is c1cnc2c(OC3CCC(Nc4ncc(OC5COC5)cn4)CC3)cc(N3CCOCC3)cc2n1.c1cnc2c(OC3CCC(Nc4ncc(O[C@@H]5CCOC5)cn4)CC3)cc(N3CCOCC3)cc2n1. The van der Waals surface area contributed by atoms with Crippen LogP contribution in [0.25, 0.3) is 22.1 Å². The summed E-state index contributed by atoms with van der Waals surface area (Å²) >= 11 is 0. The molecule has 2 N–H and O–H groups in total. The van der Waals surface area contributed by atoms with E-state index in [2.05, 4.69) is 84.6 Å². The van der Waals surface area contributed by atoms with Gasteiger partial charge in [-0.25, -0.2) is 29.9 Å². The van der Waals surface area contributed by atoms with Crippen molar-refractivity contribution in [3.8, 4) is 23.0 Å². The summed E-state index contributed by atoms with van der Waals surface area (Å²) in [6.07, 6.45) is 22.9. The molecule has 20 nitrogen and oxygen atoms in total. The Morgan fingerprint density at radius 1 is 0.408 bits per heavy atom. The van der Waals surface area contributed by atoms with Gasteiger partial charge in [0, 0.05) is 93.0 Å². The third kappa shape index (κ3) is 12.2. The first-order valence-corrected chi connectivity index (χ1v) is 25.2. The fraction of sp³-hybridized carbons (Fsp3) is 0.529. The van der Waals surface area contributed by atoms with Crippen molar-refractivity contribution in [3.63, 3.8) is 0 Å². The third-order valence-electron chi connectivity index (χ3n) is 13.8. The number of fused-ring (bicyclic) bond motifs is 2. The monoisotopic (exact) mass is 970 g/mol. The van der Waals surface area contributed by atoms with Crippen LogP contribution in [0.3, 0.4) is 0 Å². The zero-order valence-corrected chi connectivity index (χ0v) is 40.0. The zero-order valence-electron chi connectivity index (χ0n) is 40.0. The predicted molar refractivity (Wildman–Crippen MR) is 265 cm³/mol. The average molecular weight is 971 g/mol. The van der Waals surface area contributed by atoms with E-state index in [1.165, 1.54) is 0 Å². The summed E-state index contributed by atoms with van der Waals surface area (Å²) < 4.78 is 46.2. The lowest BCUT2D eigenvalue weighted by Crippen LogP contribution is -2.38. The summed E-state index contributed by atoms with van der Waals surface area (Å²) in [6, 6.07) is 9.05. The van der Waals surface area contributed by atoms with Crippen molar-refractivity contribution in [2.75, 3.05) is 99.5 Å². The molecule has 2 saturated carbocycles. The van der Waals surface area contributed by atoms with E-state index in [1.54, 1.807) is 49.6 Å². The van der Waals surface area contributed by atoms with E-state index in [1.807, 2.05) is 0 Å². The largest absolute Gasteiger partial charge is 0.488 e. The molecule has 4 aromatic heterocycles. The van der Waals surface area contributed by atoms with Crippen LogP contribution < -0.4 is 39.4 Å². The van der Waals surface area contributed by atoms with E-state index in [9.17, 15) is 0 Å². The molecule has 0 bridgehead atoms. The number of benzene rings is 2. The summed E-state index contributed by atoms with van der Waals surface area (Å²) in [5.41, 5.74) is 5.57. The van der Waals surface area contributed by atoms with Crippen LogP contribution in [0.1, 0.15) is 57.8 Å². The van der Waals surface area contributed by atoms with Crippen LogP contribution in [0, 0.1) is 0 Å². The van der Waals surface area contributed by atoms with Crippen molar-refractivity contribution in [3.05, 3.63) is 73.8 Å². The molecule has 71 heavy (non-hydrogen) atoms. The van der Waals surface area contributed by atoms with Crippen LogP contribution in [0.5, 0.6) is 23.0 Å². The molecule has 4 aliphatic heterocycles.